The summed E-state index contributed by atoms with van der Waals surface area (Å²) in [6.07, 6.45) is 6.47. The molecule has 3 rings (SSSR count). The second kappa shape index (κ2) is 5.06. The highest BCUT2D eigenvalue weighted by atomic mass is 16.3. The lowest BCUT2D eigenvalue weighted by molar-refractivity contribution is -0.150. The fourth-order valence-corrected chi connectivity index (χ4v) is 4.38. The Morgan fingerprint density at radius 2 is 1.84 bits per heavy atom. The van der Waals surface area contributed by atoms with Crippen molar-refractivity contribution in [1.29, 1.82) is 0 Å². The van der Waals surface area contributed by atoms with Crippen LogP contribution in [0.4, 0.5) is 0 Å². The quantitative estimate of drug-likeness (QED) is 0.791. The maximum Gasteiger partial charge on any atom is 0.229 e. The first-order valence-electron chi connectivity index (χ1n) is 7.88. The summed E-state index contributed by atoms with van der Waals surface area (Å²) in [6, 6.07) is 0.610. The van der Waals surface area contributed by atoms with Crippen LogP contribution in [-0.4, -0.2) is 47.2 Å². The normalized spacial score (nSPS) is 37.4. The first-order chi connectivity index (χ1) is 9.16. The molecule has 2 bridgehead atoms. The second-order valence-electron chi connectivity index (χ2n) is 6.61. The predicted octanol–water partition coefficient (Wildman–Crippen LogP) is 1.28. The van der Waals surface area contributed by atoms with E-state index < -0.39 is 0 Å². The average Bonchev–Trinajstić information content (AvgIpc) is 2.70. The van der Waals surface area contributed by atoms with Crippen molar-refractivity contribution < 1.29 is 9.90 Å². The Hall–Kier alpha value is -0.610. The molecule has 3 heterocycles. The molecule has 4 heteroatoms. The Kier molecular flexibility index (Phi) is 3.56. The third-order valence-corrected chi connectivity index (χ3v) is 5.63. The Morgan fingerprint density at radius 3 is 2.37 bits per heavy atom. The zero-order valence-electron chi connectivity index (χ0n) is 11.9. The van der Waals surface area contributed by atoms with Crippen molar-refractivity contribution >= 4 is 5.91 Å². The van der Waals surface area contributed by atoms with Crippen LogP contribution in [0.2, 0.25) is 0 Å². The van der Waals surface area contributed by atoms with E-state index in [4.69, 9.17) is 0 Å². The van der Waals surface area contributed by atoms with Gasteiger partial charge in [-0.3, -0.25) is 4.79 Å². The molecule has 0 spiro atoms. The van der Waals surface area contributed by atoms with Crippen LogP contribution in [0.25, 0.3) is 0 Å². The lowest BCUT2D eigenvalue weighted by atomic mass is 9.74. The van der Waals surface area contributed by atoms with Crippen LogP contribution >= 0.6 is 0 Å². The SMILES string of the molecule is CCC1(C(=O)N2C3CCC2CC(O)C3)CCNCC1. The summed E-state index contributed by atoms with van der Waals surface area (Å²) in [4.78, 5) is 15.3. The molecule has 19 heavy (non-hydrogen) atoms. The van der Waals surface area contributed by atoms with E-state index in [-0.39, 0.29) is 11.5 Å². The average molecular weight is 266 g/mol. The van der Waals surface area contributed by atoms with Gasteiger partial charge in [-0.2, -0.15) is 0 Å². The number of piperidine rings is 2. The molecule has 3 saturated heterocycles. The van der Waals surface area contributed by atoms with E-state index in [0.717, 1.165) is 58.0 Å². The van der Waals surface area contributed by atoms with Crippen molar-refractivity contribution in [1.82, 2.24) is 10.2 Å². The van der Waals surface area contributed by atoms with Crippen LogP contribution in [0, 0.1) is 5.41 Å². The van der Waals surface area contributed by atoms with Gasteiger partial charge in [-0.15, -0.1) is 0 Å². The fraction of sp³-hybridized carbons (Fsp3) is 0.933. The van der Waals surface area contributed by atoms with Gasteiger partial charge >= 0.3 is 0 Å². The molecule has 0 aliphatic carbocycles. The molecule has 0 saturated carbocycles. The highest BCUT2D eigenvalue weighted by Crippen LogP contribution is 2.42. The van der Waals surface area contributed by atoms with Gasteiger partial charge in [0.25, 0.3) is 0 Å². The molecule has 0 aromatic carbocycles. The number of hydrogen-bond donors (Lipinski definition) is 2. The van der Waals surface area contributed by atoms with Gasteiger partial charge < -0.3 is 15.3 Å². The van der Waals surface area contributed by atoms with Crippen LogP contribution in [0.5, 0.6) is 0 Å². The molecule has 2 N–H and O–H groups in total. The van der Waals surface area contributed by atoms with Crippen LogP contribution in [0.15, 0.2) is 0 Å². The standard InChI is InChI=1S/C15H26N2O2/c1-2-15(5-7-16-8-6-15)14(19)17-11-3-4-12(17)10-13(18)9-11/h11-13,16,18H,2-10H2,1H3. The number of aliphatic hydroxyl groups is 1. The first-order valence-corrected chi connectivity index (χ1v) is 7.88. The van der Waals surface area contributed by atoms with Crippen molar-refractivity contribution in [2.75, 3.05) is 13.1 Å². The Labute approximate surface area is 115 Å². The van der Waals surface area contributed by atoms with Gasteiger partial charge in [-0.1, -0.05) is 6.92 Å². The summed E-state index contributed by atoms with van der Waals surface area (Å²) in [5.41, 5.74) is -0.131. The number of nitrogens with zero attached hydrogens (tertiary/aromatic N) is 1. The van der Waals surface area contributed by atoms with Gasteiger partial charge in [0.2, 0.25) is 5.91 Å². The van der Waals surface area contributed by atoms with Crippen molar-refractivity contribution in [3.05, 3.63) is 0 Å². The van der Waals surface area contributed by atoms with Crippen molar-refractivity contribution in [3.63, 3.8) is 0 Å². The molecular weight excluding hydrogens is 240 g/mol. The van der Waals surface area contributed by atoms with E-state index in [2.05, 4.69) is 17.1 Å². The molecule has 108 valence electrons. The number of aliphatic hydroxyl groups excluding tert-OH is 1. The van der Waals surface area contributed by atoms with Gasteiger partial charge in [0.1, 0.15) is 0 Å². The molecule has 0 aromatic rings. The molecule has 3 aliphatic rings. The summed E-state index contributed by atoms with van der Waals surface area (Å²) >= 11 is 0. The summed E-state index contributed by atoms with van der Waals surface area (Å²) in [5.74, 6) is 0.385. The number of fused-ring (bicyclic) bond motifs is 2. The largest absolute Gasteiger partial charge is 0.393 e. The van der Waals surface area contributed by atoms with Crippen LogP contribution in [0.1, 0.15) is 51.9 Å². The van der Waals surface area contributed by atoms with Crippen LogP contribution in [-0.2, 0) is 4.79 Å². The number of amides is 1. The zero-order valence-corrected chi connectivity index (χ0v) is 11.9. The summed E-state index contributed by atoms with van der Waals surface area (Å²) in [5, 5.41) is 13.2. The van der Waals surface area contributed by atoms with E-state index in [1.807, 2.05) is 0 Å². The van der Waals surface area contributed by atoms with Crippen molar-refractivity contribution in [2.45, 2.75) is 70.1 Å². The molecule has 0 radical (unpaired) electrons. The smallest absolute Gasteiger partial charge is 0.229 e. The molecule has 4 nitrogen and oxygen atoms in total. The van der Waals surface area contributed by atoms with Gasteiger partial charge in [0.15, 0.2) is 0 Å². The van der Waals surface area contributed by atoms with E-state index >= 15 is 0 Å². The minimum absolute atomic E-state index is 0.131. The number of carbonyl (C=O) groups is 1. The number of rotatable bonds is 2. The summed E-state index contributed by atoms with van der Waals surface area (Å²) in [6.45, 7) is 4.08. The number of carbonyl (C=O) groups excluding carboxylic acids is 1. The fourth-order valence-electron chi connectivity index (χ4n) is 4.38. The molecule has 3 fully saturated rings. The Bertz CT molecular complexity index is 338. The minimum atomic E-state index is -0.188. The lowest BCUT2D eigenvalue weighted by Crippen LogP contribution is -2.55. The van der Waals surface area contributed by atoms with Gasteiger partial charge in [0.05, 0.1) is 11.5 Å². The number of hydrogen-bond acceptors (Lipinski definition) is 3. The molecule has 0 aromatic heterocycles. The third kappa shape index (κ3) is 2.19. The summed E-state index contributed by atoms with van der Waals surface area (Å²) in [7, 11) is 0. The highest BCUT2D eigenvalue weighted by Gasteiger charge is 2.49. The van der Waals surface area contributed by atoms with E-state index in [1.165, 1.54) is 0 Å². The molecule has 2 unspecified atom stereocenters. The topological polar surface area (TPSA) is 52.6 Å². The first kappa shape index (κ1) is 13.4. The van der Waals surface area contributed by atoms with E-state index in [1.54, 1.807) is 0 Å². The van der Waals surface area contributed by atoms with Gasteiger partial charge in [0, 0.05) is 12.1 Å². The molecule has 3 aliphatic heterocycles. The van der Waals surface area contributed by atoms with Gasteiger partial charge in [-0.05, 0) is 58.0 Å². The summed E-state index contributed by atoms with van der Waals surface area (Å²) < 4.78 is 0. The molecule has 1 amide bonds. The van der Waals surface area contributed by atoms with E-state index in [0.29, 0.717) is 18.0 Å². The van der Waals surface area contributed by atoms with E-state index in [9.17, 15) is 9.90 Å². The maximum atomic E-state index is 13.1. The Balaban J connectivity index is 1.79. The molecule has 2 atom stereocenters. The lowest BCUT2D eigenvalue weighted by Gasteiger charge is -2.45. The van der Waals surface area contributed by atoms with Crippen LogP contribution < -0.4 is 5.32 Å². The minimum Gasteiger partial charge on any atom is -0.393 e. The predicted molar refractivity (Wildman–Crippen MR) is 73.7 cm³/mol. The van der Waals surface area contributed by atoms with Crippen molar-refractivity contribution in [2.24, 2.45) is 5.41 Å². The van der Waals surface area contributed by atoms with Crippen LogP contribution in [0.3, 0.4) is 0 Å². The monoisotopic (exact) mass is 266 g/mol. The maximum absolute atomic E-state index is 13.1. The highest BCUT2D eigenvalue weighted by molar-refractivity contribution is 5.84. The zero-order chi connectivity index (χ0) is 13.5. The molecular formula is C15H26N2O2. The Morgan fingerprint density at radius 1 is 1.26 bits per heavy atom. The number of nitrogens with one attached hydrogen (secondary N) is 1. The van der Waals surface area contributed by atoms with Crippen molar-refractivity contribution in [3.8, 4) is 0 Å². The third-order valence-electron chi connectivity index (χ3n) is 5.63. The second-order valence-corrected chi connectivity index (χ2v) is 6.61. The van der Waals surface area contributed by atoms with Gasteiger partial charge in [-0.25, -0.2) is 0 Å².